The largest absolute Gasteiger partial charge is 0.480 e. The van der Waals surface area contributed by atoms with E-state index in [0.29, 0.717) is 25.9 Å². The fourth-order valence-electron chi connectivity index (χ4n) is 2.59. The summed E-state index contributed by atoms with van der Waals surface area (Å²) in [7, 11) is 0. The average molecular weight is 270 g/mol. The van der Waals surface area contributed by atoms with E-state index in [9.17, 15) is 9.59 Å². The average Bonchev–Trinajstić information content (AvgIpc) is 2.36. The number of nitrogens with zero attached hydrogens (tertiary/aromatic N) is 1. The molecule has 19 heavy (non-hydrogen) atoms. The molecule has 3 N–H and O–H groups in total. The molecule has 0 aliphatic carbocycles. The normalized spacial score (nSPS) is 20.4. The highest BCUT2D eigenvalue weighted by atomic mass is 16.4. The molecule has 1 aliphatic heterocycles. The first-order valence-corrected chi connectivity index (χ1v) is 7.10. The minimum absolute atomic E-state index is 0.0304. The predicted molar refractivity (Wildman–Crippen MR) is 73.7 cm³/mol. The highest BCUT2D eigenvalue weighted by Gasteiger charge is 2.32. The second kappa shape index (κ2) is 6.89. The lowest BCUT2D eigenvalue weighted by Gasteiger charge is -2.34. The van der Waals surface area contributed by atoms with E-state index >= 15 is 0 Å². The summed E-state index contributed by atoms with van der Waals surface area (Å²) < 4.78 is 0. The maximum absolute atomic E-state index is 12.2. The Balaban J connectivity index is 2.54. The monoisotopic (exact) mass is 270 g/mol. The van der Waals surface area contributed by atoms with E-state index in [2.05, 4.69) is 13.8 Å². The lowest BCUT2D eigenvalue weighted by Crippen LogP contribution is -2.48. The number of hydrogen-bond acceptors (Lipinski definition) is 3. The van der Waals surface area contributed by atoms with E-state index in [4.69, 9.17) is 10.8 Å². The molecule has 0 saturated carbocycles. The predicted octanol–water partition coefficient (Wildman–Crippen LogP) is 1.61. The van der Waals surface area contributed by atoms with Gasteiger partial charge in [-0.3, -0.25) is 4.79 Å². The topological polar surface area (TPSA) is 83.6 Å². The summed E-state index contributed by atoms with van der Waals surface area (Å²) in [6.07, 6.45) is 4.42. The van der Waals surface area contributed by atoms with Gasteiger partial charge in [-0.1, -0.05) is 13.8 Å². The van der Waals surface area contributed by atoms with Crippen LogP contribution in [0.3, 0.4) is 0 Å². The Kier molecular flexibility index (Phi) is 5.79. The van der Waals surface area contributed by atoms with Gasteiger partial charge in [-0.2, -0.15) is 0 Å². The Hall–Kier alpha value is -1.10. The lowest BCUT2D eigenvalue weighted by molar-refractivity contribution is -0.152. The summed E-state index contributed by atoms with van der Waals surface area (Å²) in [6, 6.07) is -0.626. The first kappa shape index (κ1) is 16.0. The summed E-state index contributed by atoms with van der Waals surface area (Å²) in [5, 5.41) is 9.16. The maximum Gasteiger partial charge on any atom is 0.326 e. The Labute approximate surface area is 115 Å². The van der Waals surface area contributed by atoms with E-state index in [1.807, 2.05) is 0 Å². The van der Waals surface area contributed by atoms with E-state index in [1.165, 1.54) is 0 Å². The summed E-state index contributed by atoms with van der Waals surface area (Å²) in [6.45, 7) is 5.38. The molecule has 0 aromatic carbocycles. The first-order chi connectivity index (χ1) is 8.87. The van der Waals surface area contributed by atoms with Crippen LogP contribution in [0.2, 0.25) is 0 Å². The molecule has 1 fully saturated rings. The Morgan fingerprint density at radius 3 is 2.58 bits per heavy atom. The number of piperidine rings is 1. The van der Waals surface area contributed by atoms with Crippen molar-refractivity contribution in [2.45, 2.75) is 58.4 Å². The van der Waals surface area contributed by atoms with Gasteiger partial charge < -0.3 is 15.7 Å². The minimum Gasteiger partial charge on any atom is -0.480 e. The summed E-state index contributed by atoms with van der Waals surface area (Å²) >= 11 is 0. The van der Waals surface area contributed by atoms with Crippen LogP contribution in [-0.2, 0) is 9.59 Å². The van der Waals surface area contributed by atoms with Crippen LogP contribution in [0.15, 0.2) is 0 Å². The third-order valence-electron chi connectivity index (χ3n) is 3.94. The SMILES string of the molecule is CC(C)(CCN)CCC(=O)N1CCCC[C@@H]1C(=O)O. The van der Waals surface area contributed by atoms with Gasteiger partial charge in [0.2, 0.25) is 5.91 Å². The number of carboxylic acids is 1. The van der Waals surface area contributed by atoms with Gasteiger partial charge in [0.1, 0.15) is 6.04 Å². The lowest BCUT2D eigenvalue weighted by atomic mass is 9.84. The van der Waals surface area contributed by atoms with Crippen molar-refractivity contribution in [3.63, 3.8) is 0 Å². The van der Waals surface area contributed by atoms with Crippen molar-refractivity contribution in [2.75, 3.05) is 13.1 Å². The molecule has 5 nitrogen and oxygen atoms in total. The van der Waals surface area contributed by atoms with Crippen LogP contribution < -0.4 is 5.73 Å². The molecule has 1 saturated heterocycles. The molecule has 0 unspecified atom stereocenters. The molecule has 0 bridgehead atoms. The van der Waals surface area contributed by atoms with Gasteiger partial charge in [0, 0.05) is 13.0 Å². The molecular weight excluding hydrogens is 244 g/mol. The molecular formula is C14H26N2O3. The van der Waals surface area contributed by atoms with Gasteiger partial charge in [-0.15, -0.1) is 0 Å². The second-order valence-corrected chi connectivity index (χ2v) is 6.14. The Morgan fingerprint density at radius 1 is 1.32 bits per heavy atom. The van der Waals surface area contributed by atoms with Gasteiger partial charge in [-0.05, 0) is 44.1 Å². The van der Waals surface area contributed by atoms with Crippen LogP contribution in [0.25, 0.3) is 0 Å². The summed E-state index contributed by atoms with van der Waals surface area (Å²) in [5.41, 5.74) is 5.59. The number of aliphatic carboxylic acids is 1. The number of hydrogen-bond donors (Lipinski definition) is 2. The zero-order valence-corrected chi connectivity index (χ0v) is 12.0. The Morgan fingerprint density at radius 2 is 2.00 bits per heavy atom. The fourth-order valence-corrected chi connectivity index (χ4v) is 2.59. The highest BCUT2D eigenvalue weighted by Crippen LogP contribution is 2.27. The number of carbonyl (C=O) groups is 2. The number of carbonyl (C=O) groups excluding carboxylic acids is 1. The van der Waals surface area contributed by atoms with Crippen LogP contribution in [0, 0.1) is 5.41 Å². The third kappa shape index (κ3) is 4.82. The van der Waals surface area contributed by atoms with Crippen molar-refractivity contribution in [1.82, 2.24) is 4.90 Å². The van der Waals surface area contributed by atoms with Crippen LogP contribution >= 0.6 is 0 Å². The number of amides is 1. The standard InChI is InChI=1S/C14H26N2O3/c1-14(2,8-9-15)7-6-12(17)16-10-4-3-5-11(16)13(18)19/h11H,3-10,15H2,1-2H3,(H,18,19)/t11-/m1/s1. The molecule has 5 heteroatoms. The van der Waals surface area contributed by atoms with Crippen LogP contribution in [0.4, 0.5) is 0 Å². The van der Waals surface area contributed by atoms with Gasteiger partial charge in [-0.25, -0.2) is 4.79 Å². The number of rotatable bonds is 6. The molecule has 1 amide bonds. The fraction of sp³-hybridized carbons (Fsp3) is 0.857. The van der Waals surface area contributed by atoms with Gasteiger partial charge in [0.15, 0.2) is 0 Å². The molecule has 110 valence electrons. The zero-order valence-electron chi connectivity index (χ0n) is 12.0. The van der Waals surface area contributed by atoms with E-state index in [1.54, 1.807) is 4.90 Å². The summed E-state index contributed by atoms with van der Waals surface area (Å²) in [4.78, 5) is 24.9. The molecule has 1 atom stereocenters. The molecule has 0 aromatic rings. The quantitative estimate of drug-likeness (QED) is 0.768. The van der Waals surface area contributed by atoms with Gasteiger partial charge in [0.05, 0.1) is 0 Å². The minimum atomic E-state index is -0.880. The first-order valence-electron chi connectivity index (χ1n) is 7.10. The van der Waals surface area contributed by atoms with Gasteiger partial charge >= 0.3 is 5.97 Å². The van der Waals surface area contributed by atoms with Crippen LogP contribution in [-0.4, -0.2) is 41.0 Å². The maximum atomic E-state index is 12.2. The van der Waals surface area contributed by atoms with E-state index in [-0.39, 0.29) is 11.3 Å². The number of carboxylic acid groups (broad SMARTS) is 1. The molecule has 0 spiro atoms. The van der Waals surface area contributed by atoms with Crippen LogP contribution in [0.1, 0.15) is 52.4 Å². The molecule has 1 aliphatic rings. The van der Waals surface area contributed by atoms with Crippen molar-refractivity contribution >= 4 is 11.9 Å². The Bertz CT molecular complexity index is 329. The third-order valence-corrected chi connectivity index (χ3v) is 3.94. The highest BCUT2D eigenvalue weighted by molar-refractivity contribution is 5.83. The van der Waals surface area contributed by atoms with Crippen molar-refractivity contribution in [2.24, 2.45) is 11.1 Å². The van der Waals surface area contributed by atoms with Crippen molar-refractivity contribution in [3.8, 4) is 0 Å². The number of nitrogens with two attached hydrogens (primary N) is 1. The zero-order chi connectivity index (χ0) is 14.5. The smallest absolute Gasteiger partial charge is 0.326 e. The van der Waals surface area contributed by atoms with Crippen molar-refractivity contribution < 1.29 is 14.7 Å². The van der Waals surface area contributed by atoms with Crippen molar-refractivity contribution in [3.05, 3.63) is 0 Å². The van der Waals surface area contributed by atoms with Gasteiger partial charge in [0.25, 0.3) is 0 Å². The van der Waals surface area contributed by atoms with E-state index in [0.717, 1.165) is 25.7 Å². The molecule has 0 radical (unpaired) electrons. The molecule has 0 aromatic heterocycles. The second-order valence-electron chi connectivity index (χ2n) is 6.14. The molecule has 1 rings (SSSR count). The molecule has 1 heterocycles. The van der Waals surface area contributed by atoms with Crippen molar-refractivity contribution in [1.29, 1.82) is 0 Å². The van der Waals surface area contributed by atoms with Crippen LogP contribution in [0.5, 0.6) is 0 Å². The summed E-state index contributed by atoms with van der Waals surface area (Å²) in [5.74, 6) is -0.911. The number of likely N-dealkylation sites (tertiary alicyclic amines) is 1. The van der Waals surface area contributed by atoms with E-state index < -0.39 is 12.0 Å².